The van der Waals surface area contributed by atoms with Gasteiger partial charge in [-0.15, -0.1) is 5.10 Å². The van der Waals surface area contributed by atoms with Gasteiger partial charge in [0.25, 0.3) is 0 Å². The SMILES string of the molecule is CC(C)(N)c1cn(CC(=O)Nc2ccc(Br)cc2Br)nn1. The molecule has 0 aliphatic heterocycles. The van der Waals surface area contributed by atoms with Gasteiger partial charge in [-0.25, -0.2) is 4.68 Å². The molecule has 112 valence electrons. The van der Waals surface area contributed by atoms with Crippen molar-refractivity contribution in [2.24, 2.45) is 5.73 Å². The summed E-state index contributed by atoms with van der Waals surface area (Å²) in [5.41, 5.74) is 6.69. The third-order valence-electron chi connectivity index (χ3n) is 2.71. The van der Waals surface area contributed by atoms with Gasteiger partial charge in [0.15, 0.2) is 0 Å². The van der Waals surface area contributed by atoms with Crippen LogP contribution in [0.1, 0.15) is 19.5 Å². The second-order valence-corrected chi connectivity index (χ2v) is 6.97. The molecule has 0 radical (unpaired) electrons. The van der Waals surface area contributed by atoms with Crippen LogP contribution in [0.25, 0.3) is 0 Å². The minimum absolute atomic E-state index is 0.0750. The number of hydrogen-bond acceptors (Lipinski definition) is 4. The van der Waals surface area contributed by atoms with Crippen LogP contribution >= 0.6 is 31.9 Å². The Bertz CT molecular complexity index is 663. The van der Waals surface area contributed by atoms with Crippen LogP contribution in [0, 0.1) is 0 Å². The van der Waals surface area contributed by atoms with Crippen LogP contribution in [0.4, 0.5) is 5.69 Å². The van der Waals surface area contributed by atoms with Crippen LogP contribution in [0.15, 0.2) is 33.3 Å². The van der Waals surface area contributed by atoms with Gasteiger partial charge in [0.2, 0.25) is 5.91 Å². The van der Waals surface area contributed by atoms with E-state index in [0.717, 1.165) is 8.95 Å². The van der Waals surface area contributed by atoms with Crippen molar-refractivity contribution in [3.8, 4) is 0 Å². The molecule has 2 rings (SSSR count). The molecule has 3 N–H and O–H groups in total. The van der Waals surface area contributed by atoms with Crippen LogP contribution in [0.5, 0.6) is 0 Å². The molecular formula is C13H15Br2N5O. The highest BCUT2D eigenvalue weighted by atomic mass is 79.9. The van der Waals surface area contributed by atoms with Crippen molar-refractivity contribution >= 4 is 43.5 Å². The number of benzene rings is 1. The fraction of sp³-hybridized carbons (Fsp3) is 0.308. The van der Waals surface area contributed by atoms with Gasteiger partial charge in [-0.2, -0.15) is 0 Å². The summed E-state index contributed by atoms with van der Waals surface area (Å²) in [7, 11) is 0. The molecule has 0 fully saturated rings. The Balaban J connectivity index is 2.03. The van der Waals surface area contributed by atoms with E-state index in [2.05, 4.69) is 47.5 Å². The average molecular weight is 417 g/mol. The highest BCUT2D eigenvalue weighted by Gasteiger charge is 2.19. The lowest BCUT2D eigenvalue weighted by Crippen LogP contribution is -2.29. The molecule has 1 aromatic carbocycles. The quantitative estimate of drug-likeness (QED) is 0.802. The molecule has 1 aromatic heterocycles. The van der Waals surface area contributed by atoms with E-state index in [1.54, 1.807) is 6.20 Å². The number of aromatic nitrogens is 3. The van der Waals surface area contributed by atoms with E-state index in [4.69, 9.17) is 5.73 Å². The molecule has 0 spiro atoms. The highest BCUT2D eigenvalue weighted by Crippen LogP contribution is 2.26. The van der Waals surface area contributed by atoms with Crippen molar-refractivity contribution in [3.05, 3.63) is 39.0 Å². The summed E-state index contributed by atoms with van der Waals surface area (Å²) in [5.74, 6) is -0.190. The van der Waals surface area contributed by atoms with Crippen LogP contribution in [-0.2, 0) is 16.9 Å². The fourth-order valence-electron chi connectivity index (χ4n) is 1.60. The first kappa shape index (κ1) is 16.1. The monoisotopic (exact) mass is 415 g/mol. The first-order valence-electron chi connectivity index (χ1n) is 6.20. The Labute approximate surface area is 139 Å². The lowest BCUT2D eigenvalue weighted by molar-refractivity contribution is -0.116. The predicted molar refractivity (Wildman–Crippen MR) is 87.7 cm³/mol. The van der Waals surface area contributed by atoms with E-state index in [1.165, 1.54) is 4.68 Å². The molecule has 0 aliphatic carbocycles. The zero-order chi connectivity index (χ0) is 15.6. The first-order chi connectivity index (χ1) is 9.75. The number of nitrogens with one attached hydrogen (secondary N) is 1. The third-order valence-corrected chi connectivity index (χ3v) is 3.86. The van der Waals surface area contributed by atoms with Crippen molar-refractivity contribution in [1.82, 2.24) is 15.0 Å². The van der Waals surface area contributed by atoms with E-state index < -0.39 is 5.54 Å². The number of carbonyl (C=O) groups excluding carboxylic acids is 1. The molecule has 0 aliphatic rings. The molecule has 6 nitrogen and oxygen atoms in total. The normalized spacial score (nSPS) is 11.5. The van der Waals surface area contributed by atoms with Gasteiger partial charge < -0.3 is 11.1 Å². The molecule has 1 heterocycles. The Morgan fingerprint density at radius 1 is 1.43 bits per heavy atom. The van der Waals surface area contributed by atoms with Crippen LogP contribution in [-0.4, -0.2) is 20.9 Å². The van der Waals surface area contributed by atoms with Crippen molar-refractivity contribution < 1.29 is 4.79 Å². The van der Waals surface area contributed by atoms with Gasteiger partial charge in [-0.3, -0.25) is 4.79 Å². The number of rotatable bonds is 4. The number of carbonyl (C=O) groups is 1. The van der Waals surface area contributed by atoms with E-state index in [1.807, 2.05) is 32.0 Å². The van der Waals surface area contributed by atoms with Gasteiger partial charge in [0.05, 0.1) is 17.4 Å². The zero-order valence-electron chi connectivity index (χ0n) is 11.6. The fourth-order valence-corrected chi connectivity index (χ4v) is 2.74. The standard InChI is InChI=1S/C13H15Br2N5O/c1-13(2,16)11-6-20(19-18-11)7-12(21)17-10-4-3-8(14)5-9(10)15/h3-6H,7,16H2,1-2H3,(H,17,21). The van der Waals surface area contributed by atoms with Gasteiger partial charge in [-0.05, 0) is 48.0 Å². The molecule has 2 aromatic rings. The number of hydrogen-bond donors (Lipinski definition) is 2. The Morgan fingerprint density at radius 2 is 2.14 bits per heavy atom. The maximum atomic E-state index is 12.0. The maximum absolute atomic E-state index is 12.0. The highest BCUT2D eigenvalue weighted by molar-refractivity contribution is 9.11. The lowest BCUT2D eigenvalue weighted by atomic mass is 10.0. The second kappa shape index (κ2) is 6.25. The van der Waals surface area contributed by atoms with Gasteiger partial charge >= 0.3 is 0 Å². The van der Waals surface area contributed by atoms with Gasteiger partial charge in [0, 0.05) is 8.95 Å². The molecular weight excluding hydrogens is 402 g/mol. The van der Waals surface area contributed by atoms with Crippen molar-refractivity contribution in [2.45, 2.75) is 25.9 Å². The smallest absolute Gasteiger partial charge is 0.246 e. The minimum Gasteiger partial charge on any atom is -0.323 e. The number of nitrogens with zero attached hydrogens (tertiary/aromatic N) is 3. The lowest BCUT2D eigenvalue weighted by Gasteiger charge is -2.13. The molecule has 0 unspecified atom stereocenters. The summed E-state index contributed by atoms with van der Waals surface area (Å²) in [5, 5.41) is 10.7. The summed E-state index contributed by atoms with van der Waals surface area (Å²) in [6.07, 6.45) is 1.68. The summed E-state index contributed by atoms with van der Waals surface area (Å²) in [6, 6.07) is 5.52. The Morgan fingerprint density at radius 3 is 2.71 bits per heavy atom. The molecule has 21 heavy (non-hydrogen) atoms. The summed E-state index contributed by atoms with van der Waals surface area (Å²) in [6.45, 7) is 3.74. The molecule has 1 amide bonds. The van der Waals surface area contributed by atoms with Crippen molar-refractivity contribution in [1.29, 1.82) is 0 Å². The Kier molecular flexibility index (Phi) is 4.80. The van der Waals surface area contributed by atoms with E-state index in [9.17, 15) is 4.79 Å². The van der Waals surface area contributed by atoms with E-state index in [0.29, 0.717) is 11.4 Å². The third kappa shape index (κ3) is 4.36. The van der Waals surface area contributed by atoms with E-state index in [-0.39, 0.29) is 12.5 Å². The van der Waals surface area contributed by atoms with Crippen molar-refractivity contribution in [3.63, 3.8) is 0 Å². The molecule has 0 saturated carbocycles. The largest absolute Gasteiger partial charge is 0.323 e. The molecule has 0 atom stereocenters. The first-order valence-corrected chi connectivity index (χ1v) is 7.79. The average Bonchev–Trinajstić information content (AvgIpc) is 2.81. The Hall–Kier alpha value is -1.25. The van der Waals surface area contributed by atoms with Crippen LogP contribution in [0.2, 0.25) is 0 Å². The number of anilines is 1. The molecule has 8 heteroatoms. The van der Waals surface area contributed by atoms with E-state index >= 15 is 0 Å². The van der Waals surface area contributed by atoms with Crippen LogP contribution < -0.4 is 11.1 Å². The maximum Gasteiger partial charge on any atom is 0.246 e. The summed E-state index contributed by atoms with van der Waals surface area (Å²) in [4.78, 5) is 12.0. The number of halogens is 2. The summed E-state index contributed by atoms with van der Waals surface area (Å²) >= 11 is 6.76. The van der Waals surface area contributed by atoms with Gasteiger partial charge in [-0.1, -0.05) is 21.1 Å². The minimum atomic E-state index is -0.580. The second-order valence-electron chi connectivity index (χ2n) is 5.20. The molecule has 0 bridgehead atoms. The molecule has 0 saturated heterocycles. The zero-order valence-corrected chi connectivity index (χ0v) is 14.8. The van der Waals surface area contributed by atoms with Crippen LogP contribution in [0.3, 0.4) is 0 Å². The van der Waals surface area contributed by atoms with Crippen molar-refractivity contribution in [2.75, 3.05) is 5.32 Å². The number of nitrogens with two attached hydrogens (primary N) is 1. The topological polar surface area (TPSA) is 85.8 Å². The van der Waals surface area contributed by atoms with Gasteiger partial charge in [0.1, 0.15) is 12.2 Å². The predicted octanol–water partition coefficient (Wildman–Crippen LogP) is 2.64. The number of amides is 1. The summed E-state index contributed by atoms with van der Waals surface area (Å²) < 4.78 is 3.19.